The molecule has 0 unspecified atom stereocenters. The fourth-order valence-corrected chi connectivity index (χ4v) is 1.64. The van der Waals surface area contributed by atoms with E-state index >= 15 is 0 Å². The average molecular weight is 250 g/mol. The number of hydrogen-bond acceptors (Lipinski definition) is 5. The lowest BCUT2D eigenvalue weighted by Gasteiger charge is -2.11. The van der Waals surface area contributed by atoms with E-state index in [1.165, 1.54) is 4.57 Å². The van der Waals surface area contributed by atoms with Crippen LogP contribution >= 0.6 is 0 Å². The summed E-state index contributed by atoms with van der Waals surface area (Å²) in [4.78, 5) is 32.2. The Morgan fingerprint density at radius 2 is 2.28 bits per heavy atom. The zero-order chi connectivity index (χ0) is 13.1. The Morgan fingerprint density at radius 1 is 1.50 bits per heavy atom. The highest BCUT2D eigenvalue weighted by Crippen LogP contribution is 2.10. The maximum Gasteiger partial charge on any atom is 0.330 e. The minimum atomic E-state index is -0.534. The molecule has 0 saturated heterocycles. The van der Waals surface area contributed by atoms with Gasteiger partial charge < -0.3 is 16.0 Å². The number of H-pyrrole nitrogens is 2. The van der Waals surface area contributed by atoms with E-state index in [2.05, 4.69) is 20.3 Å². The van der Waals surface area contributed by atoms with Gasteiger partial charge in [-0.3, -0.25) is 14.3 Å². The molecular weight excluding hydrogens is 236 g/mol. The van der Waals surface area contributed by atoms with E-state index in [1.807, 2.05) is 0 Å². The van der Waals surface area contributed by atoms with Crippen molar-refractivity contribution in [2.75, 3.05) is 11.1 Å². The molecule has 2 heterocycles. The molecule has 2 rings (SSSR count). The molecule has 0 aromatic carbocycles. The second kappa shape index (κ2) is 4.78. The Kier molecular flexibility index (Phi) is 3.18. The first-order valence-corrected chi connectivity index (χ1v) is 5.48. The minimum Gasteiger partial charge on any atom is -0.383 e. The minimum absolute atomic E-state index is 0.123. The second-order valence-corrected chi connectivity index (χ2v) is 3.65. The van der Waals surface area contributed by atoms with Crippen molar-refractivity contribution in [1.82, 2.24) is 19.5 Å². The molecule has 5 N–H and O–H groups in total. The van der Waals surface area contributed by atoms with Crippen LogP contribution in [0.5, 0.6) is 0 Å². The highest BCUT2D eigenvalue weighted by molar-refractivity contribution is 5.60. The fourth-order valence-electron chi connectivity index (χ4n) is 1.64. The summed E-state index contributed by atoms with van der Waals surface area (Å²) in [6.45, 7) is 2.48. The maximum atomic E-state index is 11.6. The molecule has 0 atom stereocenters. The molecule has 0 amide bonds. The number of nitrogens with zero attached hydrogens (tertiary/aromatic N) is 2. The number of anilines is 2. The molecule has 0 fully saturated rings. The van der Waals surface area contributed by atoms with Gasteiger partial charge in [0.15, 0.2) is 0 Å². The highest BCUT2D eigenvalue weighted by atomic mass is 16.2. The average Bonchev–Trinajstić information content (AvgIpc) is 2.81. The number of nitrogen functional groups attached to an aromatic ring is 1. The summed E-state index contributed by atoms with van der Waals surface area (Å²) in [7, 11) is 0. The van der Waals surface area contributed by atoms with E-state index in [-0.39, 0.29) is 11.5 Å². The highest BCUT2D eigenvalue weighted by Gasteiger charge is 2.10. The lowest BCUT2D eigenvalue weighted by molar-refractivity contribution is 0.705. The monoisotopic (exact) mass is 250 g/mol. The summed E-state index contributed by atoms with van der Waals surface area (Å²) in [5, 5.41) is 2.86. The molecule has 8 nitrogen and oxygen atoms in total. The van der Waals surface area contributed by atoms with Gasteiger partial charge in [0.05, 0.1) is 6.54 Å². The van der Waals surface area contributed by atoms with Gasteiger partial charge in [0, 0.05) is 18.9 Å². The molecule has 2 aromatic heterocycles. The maximum absolute atomic E-state index is 11.6. The summed E-state index contributed by atoms with van der Waals surface area (Å²) in [6, 6.07) is 0. The number of nitrogens with one attached hydrogen (secondary N) is 3. The molecule has 0 saturated carbocycles. The van der Waals surface area contributed by atoms with Gasteiger partial charge in [0.1, 0.15) is 17.3 Å². The first-order valence-electron chi connectivity index (χ1n) is 5.48. The van der Waals surface area contributed by atoms with Crippen LogP contribution in [0.4, 0.5) is 11.5 Å². The molecule has 0 bridgehead atoms. The van der Waals surface area contributed by atoms with Crippen LogP contribution in [0.1, 0.15) is 12.7 Å². The Morgan fingerprint density at radius 3 is 2.89 bits per heavy atom. The van der Waals surface area contributed by atoms with Gasteiger partial charge in [-0.15, -0.1) is 0 Å². The number of imidazole rings is 1. The quantitative estimate of drug-likeness (QED) is 0.581. The van der Waals surface area contributed by atoms with Gasteiger partial charge in [0.2, 0.25) is 0 Å². The van der Waals surface area contributed by atoms with Gasteiger partial charge >= 0.3 is 5.69 Å². The van der Waals surface area contributed by atoms with Crippen LogP contribution in [0.25, 0.3) is 0 Å². The zero-order valence-corrected chi connectivity index (χ0v) is 9.86. The molecule has 0 radical (unpaired) electrons. The van der Waals surface area contributed by atoms with E-state index < -0.39 is 11.2 Å². The molecule has 8 heteroatoms. The zero-order valence-electron chi connectivity index (χ0n) is 9.86. The smallest absolute Gasteiger partial charge is 0.330 e. The van der Waals surface area contributed by atoms with Gasteiger partial charge in [-0.1, -0.05) is 0 Å². The second-order valence-electron chi connectivity index (χ2n) is 3.65. The van der Waals surface area contributed by atoms with Gasteiger partial charge in [-0.2, -0.15) is 0 Å². The molecule has 0 spiro atoms. The van der Waals surface area contributed by atoms with Crippen molar-refractivity contribution in [1.29, 1.82) is 0 Å². The Labute approximate surface area is 102 Å². The Bertz CT molecular complexity index is 639. The van der Waals surface area contributed by atoms with E-state index in [1.54, 1.807) is 19.3 Å². The summed E-state index contributed by atoms with van der Waals surface area (Å²) >= 11 is 0. The van der Waals surface area contributed by atoms with Crippen molar-refractivity contribution in [3.63, 3.8) is 0 Å². The van der Waals surface area contributed by atoms with Gasteiger partial charge in [-0.05, 0) is 6.92 Å². The standard InChI is InChI=1S/C10H14N6O2/c1-2-16-8(11)7(9(17)15-10(16)18)14-5-6-12-3-4-13-6/h3-4,14H,2,5,11H2,1H3,(H,12,13)(H,15,17,18). The number of aromatic nitrogens is 4. The lowest BCUT2D eigenvalue weighted by Crippen LogP contribution is -2.33. The lowest BCUT2D eigenvalue weighted by atomic mass is 10.4. The first kappa shape index (κ1) is 12.0. The van der Waals surface area contributed by atoms with Crippen LogP contribution in [-0.2, 0) is 13.1 Å². The van der Waals surface area contributed by atoms with E-state index in [0.29, 0.717) is 18.9 Å². The predicted octanol–water partition coefficient (Wildman–Crippen LogP) is -0.526. The van der Waals surface area contributed by atoms with Crippen molar-refractivity contribution in [2.45, 2.75) is 20.0 Å². The first-order chi connectivity index (χ1) is 8.63. The Hall–Kier alpha value is -2.51. The third-order valence-electron chi connectivity index (χ3n) is 2.54. The largest absolute Gasteiger partial charge is 0.383 e. The number of nitrogens with two attached hydrogens (primary N) is 1. The number of hydrogen-bond donors (Lipinski definition) is 4. The van der Waals surface area contributed by atoms with Crippen LogP contribution in [0.2, 0.25) is 0 Å². The van der Waals surface area contributed by atoms with E-state index in [0.717, 1.165) is 0 Å². The molecule has 18 heavy (non-hydrogen) atoms. The molecular formula is C10H14N6O2. The predicted molar refractivity (Wildman–Crippen MR) is 67.3 cm³/mol. The molecule has 2 aromatic rings. The van der Waals surface area contributed by atoms with Crippen molar-refractivity contribution in [3.05, 3.63) is 39.1 Å². The van der Waals surface area contributed by atoms with Gasteiger partial charge in [-0.25, -0.2) is 9.78 Å². The van der Waals surface area contributed by atoms with Crippen molar-refractivity contribution in [3.8, 4) is 0 Å². The molecule has 0 aliphatic carbocycles. The van der Waals surface area contributed by atoms with Crippen LogP contribution in [0.15, 0.2) is 22.0 Å². The molecule has 0 aliphatic heterocycles. The topological polar surface area (TPSA) is 122 Å². The van der Waals surface area contributed by atoms with E-state index in [9.17, 15) is 9.59 Å². The summed E-state index contributed by atoms with van der Waals surface area (Å²) in [5.41, 5.74) is 4.91. The van der Waals surface area contributed by atoms with Crippen LogP contribution < -0.4 is 22.3 Å². The summed E-state index contributed by atoms with van der Waals surface area (Å²) in [6.07, 6.45) is 3.29. The molecule has 0 aliphatic rings. The third-order valence-corrected chi connectivity index (χ3v) is 2.54. The Balaban J connectivity index is 2.33. The number of rotatable bonds is 4. The van der Waals surface area contributed by atoms with Crippen LogP contribution in [0.3, 0.4) is 0 Å². The van der Waals surface area contributed by atoms with Crippen LogP contribution in [0, 0.1) is 0 Å². The molecule has 96 valence electrons. The van der Waals surface area contributed by atoms with Crippen molar-refractivity contribution in [2.24, 2.45) is 0 Å². The van der Waals surface area contributed by atoms with Crippen molar-refractivity contribution >= 4 is 11.5 Å². The number of aromatic amines is 2. The summed E-state index contributed by atoms with van der Waals surface area (Å²) in [5.74, 6) is 0.792. The summed E-state index contributed by atoms with van der Waals surface area (Å²) < 4.78 is 1.28. The normalized spacial score (nSPS) is 10.5. The van der Waals surface area contributed by atoms with Crippen molar-refractivity contribution < 1.29 is 0 Å². The van der Waals surface area contributed by atoms with E-state index in [4.69, 9.17) is 5.73 Å². The fraction of sp³-hybridized carbons (Fsp3) is 0.300. The third kappa shape index (κ3) is 2.12. The van der Waals surface area contributed by atoms with Gasteiger partial charge in [0.25, 0.3) is 5.56 Å². The SMILES string of the molecule is CCn1c(N)c(NCc2ncc[nH]2)c(=O)[nH]c1=O. The van der Waals surface area contributed by atoms with Crippen LogP contribution in [-0.4, -0.2) is 19.5 Å².